The molecule has 3 unspecified atom stereocenters. The molecule has 82 heavy (non-hydrogen) atoms. The Morgan fingerprint density at radius 3 is 0.720 bits per heavy atom. The highest BCUT2D eigenvalue weighted by atomic mass is 19.4. The SMILES string of the molecule is CC(C)(C)C(C)(C)C(F)(F)F.CC(C)C(C)(C)C(F)(F)F.CC(C)[C@@H](C)C(C)C(F)(F)F.CCC(C)(C)CC(F)(F)F.CCC(C)[C@@H](C)C(F)(F)F.CCC(CC)CC(F)(F)F.CCCC(C)(C)C(F)(F)F.CC[C@H](C)C(C)C(F)(F)F. The number of halogens is 24. The molecule has 0 bridgehead atoms. The fourth-order valence-corrected chi connectivity index (χ4v) is 5.32. The van der Waals surface area contributed by atoms with Crippen LogP contribution in [0.5, 0.6) is 0 Å². The lowest BCUT2D eigenvalue weighted by Gasteiger charge is -2.40. The van der Waals surface area contributed by atoms with Gasteiger partial charge >= 0.3 is 49.4 Å². The van der Waals surface area contributed by atoms with Crippen LogP contribution in [0.1, 0.15) is 245 Å². The van der Waals surface area contributed by atoms with Crippen LogP contribution in [-0.2, 0) is 0 Å². The van der Waals surface area contributed by atoms with Gasteiger partial charge < -0.3 is 0 Å². The summed E-state index contributed by atoms with van der Waals surface area (Å²) < 4.78 is 287. The highest BCUT2D eigenvalue weighted by molar-refractivity contribution is 4.88. The Morgan fingerprint density at radius 2 is 0.659 bits per heavy atom. The first kappa shape index (κ1) is 96.6. The summed E-state index contributed by atoms with van der Waals surface area (Å²) in [7, 11) is 0. The van der Waals surface area contributed by atoms with Crippen molar-refractivity contribution < 1.29 is 105 Å². The first-order valence-electron chi connectivity index (χ1n) is 27.8. The molecule has 0 rings (SSSR count). The van der Waals surface area contributed by atoms with Gasteiger partial charge in [-0.3, -0.25) is 0 Å². The van der Waals surface area contributed by atoms with Gasteiger partial charge in [0.25, 0.3) is 0 Å². The Morgan fingerprint density at radius 1 is 0.354 bits per heavy atom. The van der Waals surface area contributed by atoms with Gasteiger partial charge in [0, 0.05) is 12.8 Å². The predicted octanol–water partition coefficient (Wildman–Crippen LogP) is 26.9. The molecule has 0 saturated carbocycles. The molecule has 0 heterocycles. The maximum atomic E-state index is 12.3. The summed E-state index contributed by atoms with van der Waals surface area (Å²) in [6.45, 7) is 41.4. The molecule has 0 aliphatic heterocycles. The molecule has 0 aromatic carbocycles. The molecule has 0 fully saturated rings. The zero-order chi connectivity index (χ0) is 69.1. The molecule has 0 aliphatic carbocycles. The maximum absolute atomic E-state index is 12.3. The van der Waals surface area contributed by atoms with E-state index in [0.29, 0.717) is 38.5 Å². The molecule has 0 aromatic rings. The van der Waals surface area contributed by atoms with E-state index in [1.165, 1.54) is 62.3 Å². The number of rotatable bonds is 14. The van der Waals surface area contributed by atoms with Gasteiger partial charge in [-0.1, -0.05) is 225 Å². The summed E-state index contributed by atoms with van der Waals surface area (Å²) in [5, 5.41) is 0. The molecule has 0 amide bonds. The summed E-state index contributed by atoms with van der Waals surface area (Å²) >= 11 is 0. The van der Waals surface area contributed by atoms with E-state index < -0.39 is 107 Å². The molecular weight excluding hydrogens is 1150 g/mol. The van der Waals surface area contributed by atoms with Gasteiger partial charge in [0.2, 0.25) is 0 Å². The van der Waals surface area contributed by atoms with E-state index in [2.05, 4.69) is 0 Å². The lowest BCUT2D eigenvalue weighted by atomic mass is 9.69. The Labute approximate surface area is 479 Å². The average Bonchev–Trinajstić information content (AvgIpc) is 3.24. The molecule has 0 spiro atoms. The van der Waals surface area contributed by atoms with Crippen molar-refractivity contribution in [2.45, 2.75) is 294 Å². The second-order valence-electron chi connectivity index (χ2n) is 25.6. The zero-order valence-electron chi connectivity index (χ0n) is 54.1. The van der Waals surface area contributed by atoms with E-state index in [4.69, 9.17) is 0 Å². The lowest BCUT2D eigenvalue weighted by molar-refractivity contribution is -0.243. The fourth-order valence-electron chi connectivity index (χ4n) is 5.32. The third-order valence-corrected chi connectivity index (χ3v) is 16.1. The van der Waals surface area contributed by atoms with Crippen LogP contribution in [0, 0.1) is 80.3 Å². The van der Waals surface area contributed by atoms with Crippen molar-refractivity contribution in [3.05, 3.63) is 0 Å². The smallest absolute Gasteiger partial charge is 0.171 e. The van der Waals surface area contributed by atoms with Crippen molar-refractivity contribution in [3.63, 3.8) is 0 Å². The number of hydrogen-bond donors (Lipinski definition) is 0. The average molecular weight is 1260 g/mol. The molecule has 6 atom stereocenters. The molecule has 24 heteroatoms. The van der Waals surface area contributed by atoms with Crippen molar-refractivity contribution in [3.8, 4) is 0 Å². The monoisotopic (exact) mass is 1260 g/mol. The predicted molar refractivity (Wildman–Crippen MR) is 287 cm³/mol. The van der Waals surface area contributed by atoms with Gasteiger partial charge in [-0.15, -0.1) is 0 Å². The highest BCUT2D eigenvalue weighted by Crippen LogP contribution is 2.50. The molecular formula is C58H108F24. The molecule has 0 nitrogen and oxygen atoms in total. The van der Waals surface area contributed by atoms with Crippen molar-refractivity contribution in [1.82, 2.24) is 0 Å². The Kier molecular flexibility index (Phi) is 45.4. The van der Waals surface area contributed by atoms with Gasteiger partial charge in [0.05, 0.1) is 34.0 Å². The third-order valence-electron chi connectivity index (χ3n) is 16.1. The third kappa shape index (κ3) is 46.5. The van der Waals surface area contributed by atoms with E-state index in [0.717, 1.165) is 0 Å². The standard InChI is InChI=1S/2C8H15F3.6C7H13F3/c1-6(2,3)7(4,5)8(9,10)11;1-5(2)6(3)7(4)8(9,10)11;1-5(2)6(3,4)7(8,9)10;1-4-6(2,3)5-7(8,9)10;1-4-5-6(2,3)7(8,9)10;2*1-4-5(2)6(3)7(8,9)10;1-3-6(4-2)5-7(8,9)10/h1-5H3;5-7H,1-4H3;5H,1-4H3;2*4-5H2,1-3H3;2*5-6H,4H2,1-3H3;6H,3-5H2,1-2H3/t;6-,7?;;;;5?,6-;5-,6?;/m.1...10./s1. The molecule has 508 valence electrons. The maximum Gasteiger partial charge on any atom is 0.394 e. The van der Waals surface area contributed by atoms with Crippen LogP contribution in [0.4, 0.5) is 105 Å². The fraction of sp³-hybridized carbons (Fsp3) is 1.00. The molecule has 0 N–H and O–H groups in total. The van der Waals surface area contributed by atoms with E-state index >= 15 is 0 Å². The molecule has 0 aliphatic rings. The van der Waals surface area contributed by atoms with Crippen LogP contribution in [0.15, 0.2) is 0 Å². The van der Waals surface area contributed by atoms with Gasteiger partial charge in [-0.25, -0.2) is 0 Å². The van der Waals surface area contributed by atoms with Gasteiger partial charge in [-0.05, 0) is 52.8 Å². The highest BCUT2D eigenvalue weighted by Gasteiger charge is 2.54. The minimum atomic E-state index is -4.12. The summed E-state index contributed by atoms with van der Waals surface area (Å²) in [6.07, 6.45) is -29.9. The topological polar surface area (TPSA) is 0 Å². The van der Waals surface area contributed by atoms with Crippen LogP contribution in [0.25, 0.3) is 0 Å². The van der Waals surface area contributed by atoms with Gasteiger partial charge in [-0.2, -0.15) is 105 Å². The summed E-state index contributed by atoms with van der Waals surface area (Å²) in [4.78, 5) is 0. The number of alkyl halides is 24. The summed E-state index contributed by atoms with van der Waals surface area (Å²) in [5.41, 5.74) is -6.04. The summed E-state index contributed by atoms with van der Waals surface area (Å²) in [6, 6.07) is 0. The van der Waals surface area contributed by atoms with E-state index in [-0.39, 0.29) is 41.9 Å². The van der Waals surface area contributed by atoms with Crippen LogP contribution < -0.4 is 0 Å². The minimum absolute atomic E-state index is 0.0895. The lowest BCUT2D eigenvalue weighted by Crippen LogP contribution is -2.43. The Bertz CT molecular complexity index is 1470. The van der Waals surface area contributed by atoms with Crippen LogP contribution in [0.3, 0.4) is 0 Å². The minimum Gasteiger partial charge on any atom is -0.171 e. The normalized spacial score (nSPS) is 15.7. The van der Waals surface area contributed by atoms with Crippen molar-refractivity contribution >= 4 is 0 Å². The Balaban J connectivity index is -0.000000127. The van der Waals surface area contributed by atoms with E-state index in [9.17, 15) is 105 Å². The van der Waals surface area contributed by atoms with Gasteiger partial charge in [0.1, 0.15) is 0 Å². The van der Waals surface area contributed by atoms with Gasteiger partial charge in [0.15, 0.2) is 0 Å². The first-order valence-corrected chi connectivity index (χ1v) is 27.8. The van der Waals surface area contributed by atoms with Crippen LogP contribution in [-0.4, -0.2) is 49.4 Å². The van der Waals surface area contributed by atoms with Crippen LogP contribution in [0.2, 0.25) is 0 Å². The van der Waals surface area contributed by atoms with E-state index in [1.54, 1.807) is 111 Å². The van der Waals surface area contributed by atoms with Crippen molar-refractivity contribution in [1.29, 1.82) is 0 Å². The molecule has 0 radical (unpaired) electrons. The largest absolute Gasteiger partial charge is 0.394 e. The van der Waals surface area contributed by atoms with Crippen LogP contribution >= 0.6 is 0 Å². The second kappa shape index (κ2) is 38.6. The summed E-state index contributed by atoms with van der Waals surface area (Å²) in [5.74, 6) is -4.81. The zero-order valence-corrected chi connectivity index (χ0v) is 54.1. The quantitative estimate of drug-likeness (QED) is 0.152. The first-order chi connectivity index (χ1) is 35.3. The molecule has 0 aromatic heterocycles. The second-order valence-corrected chi connectivity index (χ2v) is 25.6. The Hall–Kier alpha value is -1.68. The molecule has 0 saturated heterocycles. The van der Waals surface area contributed by atoms with Crippen molar-refractivity contribution in [2.75, 3.05) is 0 Å². The van der Waals surface area contributed by atoms with E-state index in [1.807, 2.05) is 13.8 Å². The van der Waals surface area contributed by atoms with Crippen molar-refractivity contribution in [2.24, 2.45) is 80.3 Å². The number of hydrogen-bond acceptors (Lipinski definition) is 0.